The van der Waals surface area contributed by atoms with Gasteiger partial charge < -0.3 is 15.4 Å². The molecule has 0 saturated heterocycles. The lowest BCUT2D eigenvalue weighted by Crippen LogP contribution is -2.32. The predicted molar refractivity (Wildman–Crippen MR) is 101 cm³/mol. The lowest BCUT2D eigenvalue weighted by Gasteiger charge is -2.08. The minimum atomic E-state index is -0.0986. The van der Waals surface area contributed by atoms with E-state index in [0.717, 1.165) is 19.5 Å². The molecule has 1 amide bonds. The van der Waals surface area contributed by atoms with Gasteiger partial charge in [-0.2, -0.15) is 0 Å². The van der Waals surface area contributed by atoms with Crippen molar-refractivity contribution in [2.75, 3.05) is 19.6 Å². The average Bonchev–Trinajstić information content (AvgIpc) is 2.56. The maximum absolute atomic E-state index is 12.1. The normalized spacial score (nSPS) is 9.38. The van der Waals surface area contributed by atoms with E-state index in [2.05, 4.69) is 22.5 Å². The summed E-state index contributed by atoms with van der Waals surface area (Å²) in [5.74, 6) is 1.22. The molecule has 2 aromatic rings. The number of halogens is 2. The third kappa shape index (κ3) is 7.64. The highest BCUT2D eigenvalue weighted by atomic mass is 35.5. The zero-order valence-electron chi connectivity index (χ0n) is 13.5. The van der Waals surface area contributed by atoms with Crippen molar-refractivity contribution in [1.82, 2.24) is 15.6 Å². The zero-order valence-corrected chi connectivity index (χ0v) is 15.2. The summed E-state index contributed by atoms with van der Waals surface area (Å²) in [7, 11) is 0. The van der Waals surface area contributed by atoms with Crippen molar-refractivity contribution in [3.8, 4) is 11.5 Å². The number of amides is 1. The highest BCUT2D eigenvalue weighted by Crippen LogP contribution is 2.21. The monoisotopic (exact) mass is 371 g/mol. The quantitative estimate of drug-likeness (QED) is 0.697. The zero-order chi connectivity index (χ0) is 15.6. The summed E-state index contributed by atoms with van der Waals surface area (Å²) in [6, 6.07) is 10.7. The summed E-state index contributed by atoms with van der Waals surface area (Å²) in [6.07, 6.45) is 4.41. The molecule has 1 aromatic heterocycles. The van der Waals surface area contributed by atoms with Gasteiger partial charge in [-0.3, -0.25) is 9.78 Å². The molecule has 132 valence electrons. The van der Waals surface area contributed by atoms with E-state index in [-0.39, 0.29) is 30.7 Å². The van der Waals surface area contributed by atoms with Gasteiger partial charge in [0.2, 0.25) is 0 Å². The Morgan fingerprint density at radius 1 is 1.04 bits per heavy atom. The van der Waals surface area contributed by atoms with Gasteiger partial charge >= 0.3 is 0 Å². The summed E-state index contributed by atoms with van der Waals surface area (Å²) >= 11 is 0. The molecule has 7 heteroatoms. The van der Waals surface area contributed by atoms with Crippen LogP contribution in [0.25, 0.3) is 0 Å². The number of ether oxygens (including phenoxy) is 1. The van der Waals surface area contributed by atoms with Gasteiger partial charge in [0.15, 0.2) is 0 Å². The highest BCUT2D eigenvalue weighted by molar-refractivity contribution is 5.94. The van der Waals surface area contributed by atoms with Crippen LogP contribution in [-0.2, 0) is 0 Å². The van der Waals surface area contributed by atoms with E-state index in [1.54, 1.807) is 42.7 Å². The Morgan fingerprint density at radius 3 is 2.50 bits per heavy atom. The Kier molecular flexibility index (Phi) is 11.6. The van der Waals surface area contributed by atoms with Gasteiger partial charge in [-0.25, -0.2) is 0 Å². The molecule has 24 heavy (non-hydrogen) atoms. The van der Waals surface area contributed by atoms with Gasteiger partial charge in [0, 0.05) is 31.0 Å². The van der Waals surface area contributed by atoms with E-state index < -0.39 is 0 Å². The Morgan fingerprint density at radius 2 is 1.79 bits per heavy atom. The van der Waals surface area contributed by atoms with Crippen molar-refractivity contribution in [3.05, 3.63) is 54.4 Å². The Bertz CT molecular complexity index is 597. The van der Waals surface area contributed by atoms with Crippen LogP contribution in [-0.4, -0.2) is 30.5 Å². The summed E-state index contributed by atoms with van der Waals surface area (Å²) in [5, 5.41) is 6.12. The summed E-state index contributed by atoms with van der Waals surface area (Å²) < 4.78 is 5.69. The number of pyridine rings is 1. The highest BCUT2D eigenvalue weighted by Gasteiger charge is 2.06. The first-order valence-corrected chi connectivity index (χ1v) is 7.46. The SMILES string of the molecule is CCCNCCNC(=O)c1cccc(Oc2ccncc2)c1.Cl.Cl. The number of rotatable bonds is 8. The van der Waals surface area contributed by atoms with Gasteiger partial charge in [-0.05, 0) is 43.3 Å². The van der Waals surface area contributed by atoms with Crippen molar-refractivity contribution in [2.24, 2.45) is 0 Å². The van der Waals surface area contributed by atoms with Gasteiger partial charge in [0.1, 0.15) is 11.5 Å². The molecule has 0 fully saturated rings. The molecule has 1 heterocycles. The average molecular weight is 372 g/mol. The Labute approximate surface area is 155 Å². The molecular formula is C17H23Cl2N3O2. The minimum absolute atomic E-state index is 0. The second kappa shape index (κ2) is 12.6. The van der Waals surface area contributed by atoms with Gasteiger partial charge in [0.25, 0.3) is 5.91 Å². The summed E-state index contributed by atoms with van der Waals surface area (Å²) in [6.45, 7) is 4.45. The third-order valence-corrected chi connectivity index (χ3v) is 3.00. The van der Waals surface area contributed by atoms with Crippen LogP contribution in [0.3, 0.4) is 0 Å². The van der Waals surface area contributed by atoms with E-state index in [1.807, 2.05) is 6.07 Å². The van der Waals surface area contributed by atoms with Crippen LogP contribution >= 0.6 is 24.8 Å². The number of nitrogens with zero attached hydrogens (tertiary/aromatic N) is 1. The van der Waals surface area contributed by atoms with E-state index >= 15 is 0 Å². The fourth-order valence-corrected chi connectivity index (χ4v) is 1.91. The molecule has 0 unspecified atom stereocenters. The number of hydrogen-bond acceptors (Lipinski definition) is 4. The van der Waals surface area contributed by atoms with Crippen molar-refractivity contribution in [1.29, 1.82) is 0 Å². The van der Waals surface area contributed by atoms with E-state index in [4.69, 9.17) is 4.74 Å². The fourth-order valence-electron chi connectivity index (χ4n) is 1.91. The molecule has 0 saturated carbocycles. The first kappa shape index (κ1) is 22.2. The lowest BCUT2D eigenvalue weighted by molar-refractivity contribution is 0.0953. The second-order valence-corrected chi connectivity index (χ2v) is 4.82. The largest absolute Gasteiger partial charge is 0.457 e. The summed E-state index contributed by atoms with van der Waals surface area (Å²) in [4.78, 5) is 16.0. The molecule has 5 nitrogen and oxygen atoms in total. The van der Waals surface area contributed by atoms with Gasteiger partial charge in [0.05, 0.1) is 0 Å². The number of nitrogens with one attached hydrogen (secondary N) is 2. The van der Waals surface area contributed by atoms with Crippen LogP contribution in [0, 0.1) is 0 Å². The lowest BCUT2D eigenvalue weighted by atomic mass is 10.2. The molecule has 0 spiro atoms. The molecule has 0 aliphatic rings. The van der Waals surface area contributed by atoms with Crippen molar-refractivity contribution < 1.29 is 9.53 Å². The molecule has 2 N–H and O–H groups in total. The molecule has 0 aliphatic carbocycles. The molecule has 0 aliphatic heterocycles. The van der Waals surface area contributed by atoms with Crippen LogP contribution < -0.4 is 15.4 Å². The molecule has 0 bridgehead atoms. The van der Waals surface area contributed by atoms with Crippen LogP contribution in [0.4, 0.5) is 0 Å². The van der Waals surface area contributed by atoms with Crippen LogP contribution in [0.15, 0.2) is 48.8 Å². The smallest absolute Gasteiger partial charge is 0.251 e. The van der Waals surface area contributed by atoms with Crippen LogP contribution in [0.1, 0.15) is 23.7 Å². The summed E-state index contributed by atoms with van der Waals surface area (Å²) in [5.41, 5.74) is 0.585. The fraction of sp³-hybridized carbons (Fsp3) is 0.294. The minimum Gasteiger partial charge on any atom is -0.457 e. The van der Waals surface area contributed by atoms with Crippen molar-refractivity contribution in [3.63, 3.8) is 0 Å². The maximum Gasteiger partial charge on any atom is 0.251 e. The van der Waals surface area contributed by atoms with Gasteiger partial charge in [-0.15, -0.1) is 24.8 Å². The number of benzene rings is 1. The molecular weight excluding hydrogens is 349 g/mol. The molecule has 0 radical (unpaired) electrons. The molecule has 1 aromatic carbocycles. The topological polar surface area (TPSA) is 63.2 Å². The Balaban J connectivity index is 0.00000264. The van der Waals surface area contributed by atoms with Crippen molar-refractivity contribution >= 4 is 30.7 Å². The first-order chi connectivity index (χ1) is 10.8. The van der Waals surface area contributed by atoms with Crippen LogP contribution in [0.2, 0.25) is 0 Å². The second-order valence-electron chi connectivity index (χ2n) is 4.82. The standard InChI is InChI=1S/C17H21N3O2.2ClH/c1-2-8-18-11-12-20-17(21)14-4-3-5-16(13-14)22-15-6-9-19-10-7-15;;/h3-7,9-10,13,18H,2,8,11-12H2,1H3,(H,20,21);2*1H. The molecule has 0 atom stereocenters. The number of aromatic nitrogens is 1. The Hall–Kier alpha value is -1.82. The number of carbonyl (C=O) groups is 1. The van der Waals surface area contributed by atoms with Gasteiger partial charge in [-0.1, -0.05) is 13.0 Å². The van der Waals surface area contributed by atoms with Crippen molar-refractivity contribution in [2.45, 2.75) is 13.3 Å². The predicted octanol–water partition coefficient (Wildman–Crippen LogP) is 3.45. The maximum atomic E-state index is 12.1. The van der Waals surface area contributed by atoms with Crippen LogP contribution in [0.5, 0.6) is 11.5 Å². The number of hydrogen-bond donors (Lipinski definition) is 2. The van der Waals surface area contributed by atoms with E-state index in [9.17, 15) is 4.79 Å². The van der Waals surface area contributed by atoms with E-state index in [0.29, 0.717) is 23.6 Å². The molecule has 2 rings (SSSR count). The third-order valence-electron chi connectivity index (χ3n) is 3.00. The number of carbonyl (C=O) groups excluding carboxylic acids is 1. The first-order valence-electron chi connectivity index (χ1n) is 7.46. The van der Waals surface area contributed by atoms with E-state index in [1.165, 1.54) is 0 Å².